The largest absolute Gasteiger partial charge is 0.393 e. The number of hydrogen-bond donors (Lipinski definition) is 1. The zero-order valence-corrected chi connectivity index (χ0v) is 12.7. The maximum absolute atomic E-state index is 10.2. The lowest BCUT2D eigenvalue weighted by Gasteiger charge is -2.29. The van der Waals surface area contributed by atoms with E-state index in [-0.39, 0.29) is 11.5 Å². The van der Waals surface area contributed by atoms with Crippen LogP contribution >= 0.6 is 0 Å². The predicted molar refractivity (Wildman–Crippen MR) is 75.6 cm³/mol. The van der Waals surface area contributed by atoms with Crippen LogP contribution in [0.4, 0.5) is 0 Å². The summed E-state index contributed by atoms with van der Waals surface area (Å²) in [6, 6.07) is 2.08. The van der Waals surface area contributed by atoms with Crippen molar-refractivity contribution in [2.24, 2.45) is 11.3 Å². The van der Waals surface area contributed by atoms with Gasteiger partial charge in [0, 0.05) is 18.7 Å². The summed E-state index contributed by atoms with van der Waals surface area (Å²) >= 11 is 0. The summed E-state index contributed by atoms with van der Waals surface area (Å²) in [5.41, 5.74) is 2.42. The van der Waals surface area contributed by atoms with E-state index in [1.807, 2.05) is 11.6 Å². The molecule has 0 aliphatic heterocycles. The normalized spacial score (nSPS) is 15.7. The fourth-order valence-electron chi connectivity index (χ4n) is 2.12. The highest BCUT2D eigenvalue weighted by Gasteiger charge is 2.23. The van der Waals surface area contributed by atoms with Gasteiger partial charge in [-0.2, -0.15) is 5.10 Å². The Bertz CT molecular complexity index is 376. The molecule has 2 unspecified atom stereocenters. The van der Waals surface area contributed by atoms with Crippen LogP contribution in [0.2, 0.25) is 0 Å². The minimum atomic E-state index is -0.277. The van der Waals surface area contributed by atoms with Gasteiger partial charge in [-0.25, -0.2) is 0 Å². The fraction of sp³-hybridized carbons (Fsp3) is 0.800. The Morgan fingerprint density at radius 3 is 2.50 bits per heavy atom. The molecule has 104 valence electrons. The van der Waals surface area contributed by atoms with Crippen LogP contribution in [0.5, 0.6) is 0 Å². The molecule has 1 rings (SSSR count). The molecule has 0 fully saturated rings. The zero-order valence-electron chi connectivity index (χ0n) is 12.7. The third kappa shape index (κ3) is 4.13. The quantitative estimate of drug-likeness (QED) is 0.874. The van der Waals surface area contributed by atoms with Crippen LogP contribution in [0.25, 0.3) is 0 Å². The highest BCUT2D eigenvalue weighted by molar-refractivity contribution is 5.10. The van der Waals surface area contributed by atoms with Crippen LogP contribution in [0.1, 0.15) is 52.4 Å². The van der Waals surface area contributed by atoms with E-state index in [1.165, 1.54) is 0 Å². The van der Waals surface area contributed by atoms with E-state index >= 15 is 0 Å². The number of aromatic nitrogens is 2. The van der Waals surface area contributed by atoms with Crippen molar-refractivity contribution in [3.8, 4) is 0 Å². The number of rotatable bonds is 5. The molecule has 2 atom stereocenters. The first-order valence-corrected chi connectivity index (χ1v) is 6.95. The first-order valence-electron chi connectivity index (χ1n) is 6.95. The molecule has 0 bridgehead atoms. The van der Waals surface area contributed by atoms with Crippen LogP contribution in [0, 0.1) is 18.3 Å². The zero-order chi connectivity index (χ0) is 13.9. The van der Waals surface area contributed by atoms with Gasteiger partial charge in [-0.1, -0.05) is 27.7 Å². The van der Waals surface area contributed by atoms with Crippen molar-refractivity contribution in [2.45, 2.75) is 67.0 Å². The fourth-order valence-corrected chi connectivity index (χ4v) is 2.12. The van der Waals surface area contributed by atoms with Gasteiger partial charge in [-0.05, 0) is 37.7 Å². The molecule has 1 heterocycles. The van der Waals surface area contributed by atoms with Gasteiger partial charge in [-0.3, -0.25) is 4.68 Å². The van der Waals surface area contributed by atoms with E-state index in [1.54, 1.807) is 0 Å². The highest BCUT2D eigenvalue weighted by atomic mass is 16.3. The molecule has 0 saturated carbocycles. The van der Waals surface area contributed by atoms with Crippen molar-refractivity contribution in [3.63, 3.8) is 0 Å². The maximum Gasteiger partial charge on any atom is 0.0598 e. The van der Waals surface area contributed by atoms with Crippen molar-refractivity contribution >= 4 is 0 Å². The smallest absolute Gasteiger partial charge is 0.0598 e. The number of aliphatic hydroxyl groups excluding tert-OH is 1. The minimum Gasteiger partial charge on any atom is -0.393 e. The van der Waals surface area contributed by atoms with E-state index in [4.69, 9.17) is 0 Å². The number of aryl methyl sites for hydroxylation is 2. The topological polar surface area (TPSA) is 38.0 Å². The molecule has 0 spiro atoms. The Balaban J connectivity index is 2.61. The van der Waals surface area contributed by atoms with Crippen LogP contribution in [-0.4, -0.2) is 21.0 Å². The Morgan fingerprint density at radius 2 is 2.00 bits per heavy atom. The van der Waals surface area contributed by atoms with E-state index < -0.39 is 0 Å². The average Bonchev–Trinajstić information content (AvgIpc) is 2.56. The molecule has 1 N–H and O–H groups in total. The number of hydrogen-bond acceptors (Lipinski definition) is 2. The van der Waals surface area contributed by atoms with Crippen molar-refractivity contribution in [2.75, 3.05) is 0 Å². The second kappa shape index (κ2) is 5.87. The van der Waals surface area contributed by atoms with Crippen molar-refractivity contribution < 1.29 is 5.11 Å². The molecule has 0 saturated heterocycles. The molecular weight excluding hydrogens is 224 g/mol. The molecule has 3 nitrogen and oxygen atoms in total. The second-order valence-electron chi connectivity index (χ2n) is 6.45. The molecule has 0 amide bonds. The van der Waals surface area contributed by atoms with Gasteiger partial charge < -0.3 is 5.11 Å². The van der Waals surface area contributed by atoms with Gasteiger partial charge in [-0.15, -0.1) is 0 Å². The van der Waals surface area contributed by atoms with Gasteiger partial charge in [0.2, 0.25) is 0 Å². The van der Waals surface area contributed by atoms with E-state index in [0.29, 0.717) is 12.3 Å². The monoisotopic (exact) mass is 252 g/mol. The van der Waals surface area contributed by atoms with Gasteiger partial charge in [0.1, 0.15) is 0 Å². The van der Waals surface area contributed by atoms with Gasteiger partial charge in [0.25, 0.3) is 0 Å². The molecule has 1 aromatic rings. The lowest BCUT2D eigenvalue weighted by atomic mass is 9.78. The summed E-state index contributed by atoms with van der Waals surface area (Å²) in [5.74, 6) is 0.506. The van der Waals surface area contributed by atoms with Crippen molar-refractivity contribution in [1.29, 1.82) is 0 Å². The maximum atomic E-state index is 10.2. The Kier molecular flexibility index (Phi) is 4.97. The van der Waals surface area contributed by atoms with E-state index in [9.17, 15) is 5.11 Å². The Morgan fingerprint density at radius 1 is 1.39 bits per heavy atom. The van der Waals surface area contributed by atoms with Gasteiger partial charge in [0.15, 0.2) is 0 Å². The van der Waals surface area contributed by atoms with Crippen molar-refractivity contribution in [3.05, 3.63) is 17.5 Å². The number of nitrogens with zero attached hydrogens (tertiary/aromatic N) is 2. The lowest BCUT2D eigenvalue weighted by Crippen LogP contribution is -2.24. The summed E-state index contributed by atoms with van der Waals surface area (Å²) < 4.78 is 1.99. The third-order valence-electron chi connectivity index (χ3n) is 3.83. The SMILES string of the molecule is CCn1nc(C)cc1CC(O)CC(C)C(C)(C)C. The highest BCUT2D eigenvalue weighted by Crippen LogP contribution is 2.29. The van der Waals surface area contributed by atoms with E-state index in [0.717, 1.165) is 24.4 Å². The first-order chi connectivity index (χ1) is 8.24. The summed E-state index contributed by atoms with van der Waals surface area (Å²) in [4.78, 5) is 0. The van der Waals surface area contributed by atoms with Crippen LogP contribution in [-0.2, 0) is 13.0 Å². The van der Waals surface area contributed by atoms with Gasteiger partial charge >= 0.3 is 0 Å². The van der Waals surface area contributed by atoms with Crippen LogP contribution in [0.15, 0.2) is 6.07 Å². The first kappa shape index (κ1) is 15.2. The molecule has 1 aromatic heterocycles. The summed E-state index contributed by atoms with van der Waals surface area (Å²) in [6.07, 6.45) is 1.27. The third-order valence-corrected chi connectivity index (χ3v) is 3.83. The van der Waals surface area contributed by atoms with Gasteiger partial charge in [0.05, 0.1) is 11.8 Å². The van der Waals surface area contributed by atoms with Crippen molar-refractivity contribution in [1.82, 2.24) is 9.78 Å². The molecule has 0 aliphatic carbocycles. The standard InChI is InChI=1S/C15H28N2O/c1-7-17-13(9-12(3)16-17)10-14(18)8-11(2)15(4,5)6/h9,11,14,18H,7-8,10H2,1-6H3. The average molecular weight is 252 g/mol. The lowest BCUT2D eigenvalue weighted by molar-refractivity contribution is 0.108. The Hall–Kier alpha value is -0.830. The molecule has 0 aromatic carbocycles. The van der Waals surface area contributed by atoms with Crippen LogP contribution < -0.4 is 0 Å². The summed E-state index contributed by atoms with van der Waals surface area (Å²) in [6.45, 7) is 13.8. The predicted octanol–water partition coefficient (Wildman–Crippen LogP) is 3.19. The minimum absolute atomic E-state index is 0.252. The summed E-state index contributed by atoms with van der Waals surface area (Å²) in [7, 11) is 0. The van der Waals surface area contributed by atoms with E-state index in [2.05, 4.69) is 45.8 Å². The Labute approximate surface area is 111 Å². The molecule has 0 aliphatic rings. The second-order valence-corrected chi connectivity index (χ2v) is 6.45. The molecule has 3 heteroatoms. The summed E-state index contributed by atoms with van der Waals surface area (Å²) in [5, 5.41) is 14.6. The molecular formula is C15H28N2O. The van der Waals surface area contributed by atoms with Crippen LogP contribution in [0.3, 0.4) is 0 Å². The molecule has 18 heavy (non-hydrogen) atoms. The molecule has 0 radical (unpaired) electrons. The number of aliphatic hydroxyl groups is 1.